The Bertz CT molecular complexity index is 957. The Morgan fingerprint density at radius 3 is 2.75 bits per heavy atom. The number of para-hydroxylation sites is 1. The fourth-order valence-corrected chi connectivity index (χ4v) is 3.15. The molecule has 1 amide bonds. The molecular formula is C17H15FN4OS. The number of nitrogens with one attached hydrogen (secondary N) is 1. The Morgan fingerprint density at radius 2 is 2.00 bits per heavy atom. The maximum atomic E-state index is 12.8. The van der Waals surface area contributed by atoms with Crippen LogP contribution in [-0.4, -0.2) is 23.2 Å². The number of nitrogens with zero attached hydrogens (tertiary/aromatic N) is 3. The van der Waals surface area contributed by atoms with Gasteiger partial charge in [-0.05, 0) is 29.8 Å². The van der Waals surface area contributed by atoms with Gasteiger partial charge < -0.3 is 4.57 Å². The van der Waals surface area contributed by atoms with Gasteiger partial charge in [0.1, 0.15) is 12.4 Å². The minimum atomic E-state index is -0.314. The summed E-state index contributed by atoms with van der Waals surface area (Å²) in [5.74, 6) is -0.628. The molecule has 0 saturated heterocycles. The van der Waals surface area contributed by atoms with E-state index in [1.165, 1.54) is 29.7 Å². The summed E-state index contributed by atoms with van der Waals surface area (Å²) in [4.78, 5) is 16.9. The standard InChI is InChI=1S/C17H15FN4OS/c1-22-14-4-2-3-5-15(14)24-17(22)19-11-16(23)21-20-10-12-6-8-13(18)9-7-12/h2-10H,11H2,1H3,(H,21,23)/b19-17?,20-10+. The van der Waals surface area contributed by atoms with Crippen molar-refractivity contribution in [2.75, 3.05) is 6.54 Å². The number of hydrogen-bond donors (Lipinski definition) is 1. The van der Waals surface area contributed by atoms with Crippen LogP contribution in [0.15, 0.2) is 58.6 Å². The Labute approximate surface area is 141 Å². The van der Waals surface area contributed by atoms with Crippen LogP contribution in [0.3, 0.4) is 0 Å². The second-order valence-electron chi connectivity index (χ2n) is 5.07. The van der Waals surface area contributed by atoms with Crippen molar-refractivity contribution >= 4 is 33.7 Å². The molecular weight excluding hydrogens is 327 g/mol. The maximum Gasteiger partial charge on any atom is 0.261 e. The summed E-state index contributed by atoms with van der Waals surface area (Å²) in [6.07, 6.45) is 1.46. The molecule has 3 aromatic rings. The molecule has 0 atom stereocenters. The highest BCUT2D eigenvalue weighted by Crippen LogP contribution is 2.14. The van der Waals surface area contributed by atoms with Crippen molar-refractivity contribution in [2.24, 2.45) is 17.1 Å². The first-order valence-electron chi connectivity index (χ1n) is 7.26. The van der Waals surface area contributed by atoms with Crippen LogP contribution in [-0.2, 0) is 11.8 Å². The SMILES string of the molecule is Cn1c(=NCC(=O)N/N=C/c2ccc(F)cc2)sc2ccccc21. The molecule has 0 aliphatic rings. The molecule has 0 saturated carbocycles. The van der Waals surface area contributed by atoms with Crippen LogP contribution >= 0.6 is 11.3 Å². The molecule has 3 rings (SSSR count). The van der Waals surface area contributed by atoms with E-state index in [1.807, 2.05) is 35.9 Å². The average molecular weight is 342 g/mol. The van der Waals surface area contributed by atoms with Gasteiger partial charge in [-0.15, -0.1) is 0 Å². The molecule has 7 heteroatoms. The first-order valence-corrected chi connectivity index (χ1v) is 8.07. The summed E-state index contributed by atoms with van der Waals surface area (Å²) in [7, 11) is 1.92. The number of aryl methyl sites for hydroxylation is 1. The monoisotopic (exact) mass is 342 g/mol. The molecule has 0 radical (unpaired) electrons. The van der Waals surface area contributed by atoms with E-state index >= 15 is 0 Å². The number of fused-ring (bicyclic) bond motifs is 1. The van der Waals surface area contributed by atoms with E-state index in [4.69, 9.17) is 0 Å². The van der Waals surface area contributed by atoms with E-state index in [0.29, 0.717) is 5.56 Å². The summed E-state index contributed by atoms with van der Waals surface area (Å²) in [5.41, 5.74) is 4.19. The highest BCUT2D eigenvalue weighted by molar-refractivity contribution is 7.16. The molecule has 0 aliphatic heterocycles. The second kappa shape index (κ2) is 7.18. The highest BCUT2D eigenvalue weighted by atomic mass is 32.1. The van der Waals surface area contributed by atoms with Gasteiger partial charge in [-0.2, -0.15) is 5.10 Å². The van der Waals surface area contributed by atoms with E-state index in [9.17, 15) is 9.18 Å². The molecule has 0 spiro atoms. The quantitative estimate of drug-likeness (QED) is 0.574. The van der Waals surface area contributed by atoms with Crippen LogP contribution in [0.4, 0.5) is 4.39 Å². The number of aromatic nitrogens is 1. The average Bonchev–Trinajstić information content (AvgIpc) is 2.91. The molecule has 1 aromatic heterocycles. The van der Waals surface area contributed by atoms with Crippen molar-refractivity contribution < 1.29 is 9.18 Å². The van der Waals surface area contributed by atoms with E-state index < -0.39 is 0 Å². The summed E-state index contributed by atoms with van der Waals surface area (Å²) in [6.45, 7) is -0.0125. The molecule has 1 heterocycles. The van der Waals surface area contributed by atoms with E-state index in [2.05, 4.69) is 15.5 Å². The van der Waals surface area contributed by atoms with Gasteiger partial charge in [0.25, 0.3) is 5.91 Å². The normalized spacial score (nSPS) is 12.2. The van der Waals surface area contributed by atoms with Gasteiger partial charge >= 0.3 is 0 Å². The van der Waals surface area contributed by atoms with Crippen molar-refractivity contribution in [3.63, 3.8) is 0 Å². The zero-order valence-electron chi connectivity index (χ0n) is 12.9. The number of rotatable bonds is 4. The molecule has 0 unspecified atom stereocenters. The van der Waals surface area contributed by atoms with Crippen LogP contribution in [0, 0.1) is 5.82 Å². The lowest BCUT2D eigenvalue weighted by Crippen LogP contribution is -2.22. The molecule has 0 fully saturated rings. The number of carbonyl (C=O) groups excluding carboxylic acids is 1. The summed E-state index contributed by atoms with van der Waals surface area (Å²) >= 11 is 1.53. The first kappa shape index (κ1) is 16.1. The van der Waals surface area contributed by atoms with E-state index in [0.717, 1.165) is 15.0 Å². The second-order valence-corrected chi connectivity index (χ2v) is 6.08. The van der Waals surface area contributed by atoms with Crippen LogP contribution < -0.4 is 10.2 Å². The fraction of sp³-hybridized carbons (Fsp3) is 0.118. The molecule has 1 N–H and O–H groups in total. The Morgan fingerprint density at radius 1 is 1.25 bits per heavy atom. The van der Waals surface area contributed by atoms with Crippen molar-refractivity contribution in [3.8, 4) is 0 Å². The molecule has 5 nitrogen and oxygen atoms in total. The maximum absolute atomic E-state index is 12.8. The van der Waals surface area contributed by atoms with Gasteiger partial charge in [0.15, 0.2) is 4.80 Å². The number of carbonyl (C=O) groups is 1. The molecule has 0 bridgehead atoms. The van der Waals surface area contributed by atoms with Gasteiger partial charge in [-0.3, -0.25) is 4.79 Å². The van der Waals surface area contributed by atoms with Crippen LogP contribution in [0.2, 0.25) is 0 Å². The number of hydrazone groups is 1. The van der Waals surface area contributed by atoms with Crippen molar-refractivity contribution in [1.82, 2.24) is 9.99 Å². The van der Waals surface area contributed by atoms with Gasteiger partial charge in [0.2, 0.25) is 0 Å². The fourth-order valence-electron chi connectivity index (χ4n) is 2.13. The van der Waals surface area contributed by atoms with Crippen LogP contribution in [0.1, 0.15) is 5.56 Å². The topological polar surface area (TPSA) is 58.8 Å². The third kappa shape index (κ3) is 3.75. The highest BCUT2D eigenvalue weighted by Gasteiger charge is 2.02. The minimum Gasteiger partial charge on any atom is -0.320 e. The first-order chi connectivity index (χ1) is 11.6. The lowest BCUT2D eigenvalue weighted by atomic mass is 10.2. The number of benzene rings is 2. The largest absolute Gasteiger partial charge is 0.320 e. The summed E-state index contributed by atoms with van der Waals surface area (Å²) in [5, 5.41) is 3.84. The third-order valence-electron chi connectivity index (χ3n) is 3.35. The molecule has 122 valence electrons. The smallest absolute Gasteiger partial charge is 0.261 e. The lowest BCUT2D eigenvalue weighted by molar-refractivity contribution is -0.119. The van der Waals surface area contributed by atoms with Crippen molar-refractivity contribution in [1.29, 1.82) is 0 Å². The van der Waals surface area contributed by atoms with Crippen LogP contribution in [0.25, 0.3) is 10.2 Å². The van der Waals surface area contributed by atoms with Crippen molar-refractivity contribution in [2.45, 2.75) is 0 Å². The van der Waals surface area contributed by atoms with E-state index in [1.54, 1.807) is 12.1 Å². The van der Waals surface area contributed by atoms with Gasteiger partial charge in [0.05, 0.1) is 16.4 Å². The summed E-state index contributed by atoms with van der Waals surface area (Å²) < 4.78 is 15.9. The summed E-state index contributed by atoms with van der Waals surface area (Å²) in [6, 6.07) is 13.8. The lowest BCUT2D eigenvalue weighted by Gasteiger charge is -1.96. The number of hydrogen-bond acceptors (Lipinski definition) is 4. The van der Waals surface area contributed by atoms with Crippen LogP contribution in [0.5, 0.6) is 0 Å². The zero-order chi connectivity index (χ0) is 16.9. The third-order valence-corrected chi connectivity index (χ3v) is 4.50. The predicted octanol–water partition coefficient (Wildman–Crippen LogP) is 2.43. The van der Waals surface area contributed by atoms with Gasteiger partial charge in [0, 0.05) is 7.05 Å². The number of amides is 1. The van der Waals surface area contributed by atoms with Gasteiger partial charge in [-0.25, -0.2) is 14.8 Å². The predicted molar refractivity (Wildman–Crippen MR) is 93.4 cm³/mol. The molecule has 24 heavy (non-hydrogen) atoms. The molecule has 2 aromatic carbocycles. The minimum absolute atomic E-state index is 0.0125. The Balaban J connectivity index is 1.64. The zero-order valence-corrected chi connectivity index (χ0v) is 13.8. The number of thiazole rings is 1. The van der Waals surface area contributed by atoms with Crippen molar-refractivity contribution in [3.05, 3.63) is 64.7 Å². The van der Waals surface area contributed by atoms with Gasteiger partial charge in [-0.1, -0.05) is 35.6 Å². The molecule has 0 aliphatic carbocycles. The Kier molecular flexibility index (Phi) is 4.81. The Hall–Kier alpha value is -2.80. The van der Waals surface area contributed by atoms with E-state index in [-0.39, 0.29) is 18.3 Å². The number of halogens is 1.